The molecule has 0 radical (unpaired) electrons. The largest absolute Gasteiger partial charge is 0.497 e. The number of aromatic nitrogens is 1. The lowest BCUT2D eigenvalue weighted by molar-refractivity contribution is 0.101. The molecule has 0 aliphatic rings. The number of carbonyl (C=O) groups excluding carboxylic acids is 1. The van der Waals surface area contributed by atoms with Gasteiger partial charge in [-0.3, -0.25) is 9.59 Å². The normalized spacial score (nSPS) is 10.6. The number of ether oxygens (including phenoxy) is 1. The maximum Gasteiger partial charge on any atom is 0.272 e. The van der Waals surface area contributed by atoms with E-state index in [0.717, 1.165) is 6.42 Å². The Bertz CT molecular complexity index is 962. The smallest absolute Gasteiger partial charge is 0.272 e. The first-order valence-electron chi connectivity index (χ1n) is 8.22. The van der Waals surface area contributed by atoms with E-state index in [9.17, 15) is 9.59 Å². The Labute approximate surface area is 145 Å². The van der Waals surface area contributed by atoms with Crippen LogP contribution in [-0.4, -0.2) is 17.6 Å². The van der Waals surface area contributed by atoms with E-state index in [1.54, 1.807) is 31.4 Å². The summed E-state index contributed by atoms with van der Waals surface area (Å²) in [5.74, 6) is 0.344. The number of methoxy groups -OCH3 is 1. The van der Waals surface area contributed by atoms with Crippen LogP contribution in [-0.2, 0) is 6.54 Å². The minimum Gasteiger partial charge on any atom is -0.497 e. The third-order valence-electron chi connectivity index (χ3n) is 4.03. The molecule has 0 atom stereocenters. The van der Waals surface area contributed by atoms with Gasteiger partial charge in [0.05, 0.1) is 7.11 Å². The van der Waals surface area contributed by atoms with Gasteiger partial charge in [0.2, 0.25) is 0 Å². The van der Waals surface area contributed by atoms with Crippen LogP contribution < -0.4 is 15.6 Å². The second kappa shape index (κ2) is 7.21. The molecule has 0 unspecified atom stereocenters. The standard InChI is InChI=1S/C20H20N2O3/c1-3-11-22-18(19(23)21-15-7-5-4-6-8-15)13-14-12-16(25-2)9-10-17(14)20(22)24/h4-10,12-13H,3,11H2,1-2H3,(H,21,23). The van der Waals surface area contributed by atoms with Crippen LogP contribution in [0, 0.1) is 0 Å². The van der Waals surface area contributed by atoms with Crippen LogP contribution in [0.25, 0.3) is 10.8 Å². The number of hydrogen-bond donors (Lipinski definition) is 1. The summed E-state index contributed by atoms with van der Waals surface area (Å²) in [5, 5.41) is 4.11. The molecule has 25 heavy (non-hydrogen) atoms. The molecular weight excluding hydrogens is 316 g/mol. The lowest BCUT2D eigenvalue weighted by Crippen LogP contribution is -2.28. The Hall–Kier alpha value is -3.08. The van der Waals surface area contributed by atoms with E-state index in [4.69, 9.17) is 4.74 Å². The van der Waals surface area contributed by atoms with Crippen molar-refractivity contribution in [3.8, 4) is 5.75 Å². The predicted molar refractivity (Wildman–Crippen MR) is 99.4 cm³/mol. The van der Waals surface area contributed by atoms with Crippen LogP contribution in [0.1, 0.15) is 23.8 Å². The molecule has 0 saturated carbocycles. The van der Waals surface area contributed by atoms with Gasteiger partial charge in [-0.15, -0.1) is 0 Å². The van der Waals surface area contributed by atoms with Crippen molar-refractivity contribution in [2.24, 2.45) is 0 Å². The van der Waals surface area contributed by atoms with E-state index in [1.165, 1.54) is 4.57 Å². The number of anilines is 1. The van der Waals surface area contributed by atoms with Crippen molar-refractivity contribution in [3.05, 3.63) is 70.6 Å². The van der Waals surface area contributed by atoms with Gasteiger partial charge in [0.25, 0.3) is 11.5 Å². The van der Waals surface area contributed by atoms with Crippen molar-refractivity contribution >= 4 is 22.4 Å². The summed E-state index contributed by atoms with van der Waals surface area (Å²) in [5.41, 5.74) is 0.866. The van der Waals surface area contributed by atoms with Crippen LogP contribution in [0.2, 0.25) is 0 Å². The number of nitrogens with zero attached hydrogens (tertiary/aromatic N) is 1. The van der Waals surface area contributed by atoms with Gasteiger partial charge in [0.15, 0.2) is 0 Å². The number of carbonyl (C=O) groups is 1. The van der Waals surface area contributed by atoms with Gasteiger partial charge in [0.1, 0.15) is 11.4 Å². The Kier molecular flexibility index (Phi) is 4.84. The van der Waals surface area contributed by atoms with Crippen LogP contribution in [0.4, 0.5) is 5.69 Å². The molecule has 0 aliphatic carbocycles. The lowest BCUT2D eigenvalue weighted by atomic mass is 10.1. The number of para-hydroxylation sites is 1. The van der Waals surface area contributed by atoms with Crippen LogP contribution in [0.15, 0.2) is 59.4 Å². The number of benzene rings is 2. The molecule has 0 spiro atoms. The van der Waals surface area contributed by atoms with Crippen LogP contribution in [0.5, 0.6) is 5.75 Å². The third kappa shape index (κ3) is 3.40. The zero-order valence-electron chi connectivity index (χ0n) is 14.3. The molecule has 0 bridgehead atoms. The highest BCUT2D eigenvalue weighted by Gasteiger charge is 2.16. The van der Waals surface area contributed by atoms with E-state index < -0.39 is 0 Å². The first-order chi connectivity index (χ1) is 12.1. The molecule has 1 heterocycles. The van der Waals surface area contributed by atoms with Crippen molar-refractivity contribution in [2.45, 2.75) is 19.9 Å². The molecular formula is C20H20N2O3. The summed E-state index contributed by atoms with van der Waals surface area (Å²) in [6.07, 6.45) is 0.757. The minimum atomic E-state index is -0.304. The molecule has 0 aliphatic heterocycles. The Balaban J connectivity index is 2.12. The van der Waals surface area contributed by atoms with Crippen LogP contribution in [0.3, 0.4) is 0 Å². The molecule has 0 fully saturated rings. The lowest BCUT2D eigenvalue weighted by Gasteiger charge is -2.14. The highest BCUT2D eigenvalue weighted by molar-refractivity contribution is 6.05. The summed E-state index contributed by atoms with van der Waals surface area (Å²) in [6, 6.07) is 16.2. The fourth-order valence-electron chi connectivity index (χ4n) is 2.81. The SMILES string of the molecule is CCCn1c(C(=O)Nc2ccccc2)cc2cc(OC)ccc2c1=O. The Morgan fingerprint density at radius 3 is 2.56 bits per heavy atom. The highest BCUT2D eigenvalue weighted by atomic mass is 16.5. The van der Waals surface area contributed by atoms with Crippen molar-refractivity contribution in [1.82, 2.24) is 4.57 Å². The molecule has 5 nitrogen and oxygen atoms in total. The van der Waals surface area contributed by atoms with Gasteiger partial charge in [-0.1, -0.05) is 25.1 Å². The zero-order valence-corrected chi connectivity index (χ0v) is 14.3. The molecule has 3 aromatic rings. The Morgan fingerprint density at radius 1 is 1.12 bits per heavy atom. The monoisotopic (exact) mass is 336 g/mol. The predicted octanol–water partition coefficient (Wildman–Crippen LogP) is 3.67. The fraction of sp³-hybridized carbons (Fsp3) is 0.200. The van der Waals surface area contributed by atoms with Crippen LogP contribution >= 0.6 is 0 Å². The molecule has 1 aromatic heterocycles. The minimum absolute atomic E-state index is 0.166. The summed E-state index contributed by atoms with van der Waals surface area (Å²) < 4.78 is 6.76. The maximum absolute atomic E-state index is 12.8. The van der Waals surface area contributed by atoms with E-state index in [-0.39, 0.29) is 11.5 Å². The summed E-state index contributed by atoms with van der Waals surface area (Å²) in [6.45, 7) is 2.46. The molecule has 128 valence electrons. The topological polar surface area (TPSA) is 60.3 Å². The van der Waals surface area contributed by atoms with Gasteiger partial charge in [-0.2, -0.15) is 0 Å². The van der Waals surface area contributed by atoms with Crippen molar-refractivity contribution in [1.29, 1.82) is 0 Å². The number of fused-ring (bicyclic) bond motifs is 1. The zero-order chi connectivity index (χ0) is 17.8. The summed E-state index contributed by atoms with van der Waals surface area (Å²) in [4.78, 5) is 25.6. The summed E-state index contributed by atoms with van der Waals surface area (Å²) >= 11 is 0. The second-order valence-electron chi connectivity index (χ2n) is 5.76. The van der Waals surface area contributed by atoms with Gasteiger partial charge in [0, 0.05) is 17.6 Å². The van der Waals surface area contributed by atoms with Crippen molar-refractivity contribution in [2.75, 3.05) is 12.4 Å². The first-order valence-corrected chi connectivity index (χ1v) is 8.22. The first kappa shape index (κ1) is 16.8. The second-order valence-corrected chi connectivity index (χ2v) is 5.76. The van der Waals surface area contributed by atoms with Gasteiger partial charge in [-0.25, -0.2) is 0 Å². The number of amides is 1. The van der Waals surface area contributed by atoms with E-state index in [2.05, 4.69) is 5.32 Å². The number of nitrogens with one attached hydrogen (secondary N) is 1. The molecule has 2 aromatic carbocycles. The number of hydrogen-bond acceptors (Lipinski definition) is 3. The molecule has 0 saturated heterocycles. The van der Waals surface area contributed by atoms with Crippen molar-refractivity contribution < 1.29 is 9.53 Å². The summed E-state index contributed by atoms with van der Waals surface area (Å²) in [7, 11) is 1.57. The number of pyridine rings is 1. The van der Waals surface area contributed by atoms with E-state index in [1.807, 2.05) is 37.3 Å². The average molecular weight is 336 g/mol. The van der Waals surface area contributed by atoms with Gasteiger partial charge < -0.3 is 14.6 Å². The fourth-order valence-corrected chi connectivity index (χ4v) is 2.81. The molecule has 5 heteroatoms. The highest BCUT2D eigenvalue weighted by Crippen LogP contribution is 2.20. The van der Waals surface area contributed by atoms with Crippen molar-refractivity contribution in [3.63, 3.8) is 0 Å². The maximum atomic E-state index is 12.8. The third-order valence-corrected chi connectivity index (χ3v) is 4.03. The Morgan fingerprint density at radius 2 is 1.88 bits per heavy atom. The average Bonchev–Trinajstić information content (AvgIpc) is 2.64. The quantitative estimate of drug-likeness (QED) is 0.773. The van der Waals surface area contributed by atoms with E-state index >= 15 is 0 Å². The molecule has 3 rings (SSSR count). The molecule has 1 N–H and O–H groups in total. The van der Waals surface area contributed by atoms with Gasteiger partial charge in [-0.05, 0) is 48.2 Å². The number of rotatable bonds is 5. The van der Waals surface area contributed by atoms with Gasteiger partial charge >= 0.3 is 0 Å². The van der Waals surface area contributed by atoms with E-state index in [0.29, 0.717) is 34.4 Å². The molecule has 1 amide bonds.